The van der Waals surface area contributed by atoms with Gasteiger partial charge < -0.3 is 10.2 Å². The number of benzene rings is 3. The fourth-order valence-electron chi connectivity index (χ4n) is 4.31. The van der Waals surface area contributed by atoms with E-state index in [-0.39, 0.29) is 22.2 Å². The Morgan fingerprint density at radius 3 is 2.59 bits per heavy atom. The van der Waals surface area contributed by atoms with Gasteiger partial charge in [-0.1, -0.05) is 82.2 Å². The van der Waals surface area contributed by atoms with Crippen molar-refractivity contribution in [3.63, 3.8) is 0 Å². The highest BCUT2D eigenvalue weighted by molar-refractivity contribution is 8.00. The van der Waals surface area contributed by atoms with E-state index in [0.29, 0.717) is 31.3 Å². The predicted octanol–water partition coefficient (Wildman–Crippen LogP) is 7.09. The van der Waals surface area contributed by atoms with Crippen LogP contribution >= 0.6 is 46.3 Å². The molecule has 39 heavy (non-hydrogen) atoms. The predicted molar refractivity (Wildman–Crippen MR) is 155 cm³/mol. The highest BCUT2D eigenvalue weighted by atomic mass is 35.5. The lowest BCUT2D eigenvalue weighted by Crippen LogP contribution is -2.29. The van der Waals surface area contributed by atoms with Crippen LogP contribution in [0.2, 0.25) is 10.0 Å². The Morgan fingerprint density at radius 2 is 1.85 bits per heavy atom. The molecule has 1 unspecified atom stereocenters. The summed E-state index contributed by atoms with van der Waals surface area (Å²) in [5, 5.41) is 31.3. The summed E-state index contributed by atoms with van der Waals surface area (Å²) in [6.45, 7) is 3.69. The molecular formula is C28H21Cl2N3O4S2. The van der Waals surface area contributed by atoms with E-state index in [4.69, 9.17) is 23.2 Å². The van der Waals surface area contributed by atoms with Gasteiger partial charge in [-0.25, -0.2) is 0 Å². The fraction of sp³-hybridized carbons (Fsp3) is 0.143. The topological polar surface area (TPSA) is 104 Å². The second-order valence-electron chi connectivity index (χ2n) is 8.96. The summed E-state index contributed by atoms with van der Waals surface area (Å²) in [7, 11) is 0. The van der Waals surface area contributed by atoms with Crippen molar-refractivity contribution in [2.75, 3.05) is 4.90 Å². The first-order valence-corrected chi connectivity index (χ1v) is 14.3. The number of hydrogen-bond acceptors (Lipinski definition) is 8. The van der Waals surface area contributed by atoms with Crippen molar-refractivity contribution < 1.29 is 19.8 Å². The van der Waals surface area contributed by atoms with E-state index in [0.717, 1.165) is 28.0 Å². The van der Waals surface area contributed by atoms with Crippen LogP contribution in [-0.4, -0.2) is 32.1 Å². The number of Topliss-reactive ketones (excluding diaryl/α,β-unsaturated/α-hetero) is 1. The summed E-state index contributed by atoms with van der Waals surface area (Å²) in [5.41, 5.74) is 3.30. The minimum atomic E-state index is -1.02. The molecule has 0 bridgehead atoms. The molecule has 4 aromatic rings. The van der Waals surface area contributed by atoms with Gasteiger partial charge in [0.1, 0.15) is 11.5 Å². The van der Waals surface area contributed by atoms with Gasteiger partial charge in [0.05, 0.1) is 11.6 Å². The third kappa shape index (κ3) is 5.40. The molecule has 1 saturated heterocycles. The van der Waals surface area contributed by atoms with E-state index in [1.165, 1.54) is 28.8 Å². The van der Waals surface area contributed by atoms with Crippen molar-refractivity contribution in [3.05, 3.63) is 104 Å². The van der Waals surface area contributed by atoms with Crippen molar-refractivity contribution >= 4 is 68.9 Å². The van der Waals surface area contributed by atoms with E-state index >= 15 is 0 Å². The highest BCUT2D eigenvalue weighted by Crippen LogP contribution is 2.45. The zero-order chi connectivity index (χ0) is 27.8. The fourth-order valence-corrected chi connectivity index (χ4v) is 6.74. The minimum absolute atomic E-state index is 0.0434. The third-order valence-corrected chi connectivity index (χ3v) is 8.94. The van der Waals surface area contributed by atoms with Gasteiger partial charge in [0.25, 0.3) is 5.78 Å². The first-order valence-electron chi connectivity index (χ1n) is 11.7. The Bertz CT molecular complexity index is 1650. The zero-order valence-electron chi connectivity index (χ0n) is 20.7. The Morgan fingerprint density at radius 1 is 1.05 bits per heavy atom. The number of aliphatic hydroxyl groups is 1. The maximum Gasteiger partial charge on any atom is 0.301 e. The van der Waals surface area contributed by atoms with E-state index < -0.39 is 17.7 Å². The summed E-state index contributed by atoms with van der Waals surface area (Å²) >= 11 is 14.8. The number of thioether (sulfide) groups is 1. The number of ketones is 1. The second kappa shape index (κ2) is 11.0. The number of aliphatic hydroxyl groups excluding tert-OH is 1. The van der Waals surface area contributed by atoms with Crippen molar-refractivity contribution in [1.82, 2.24) is 10.2 Å². The molecule has 198 valence electrons. The van der Waals surface area contributed by atoms with Crippen LogP contribution < -0.4 is 4.90 Å². The number of anilines is 1. The van der Waals surface area contributed by atoms with Gasteiger partial charge in [0.15, 0.2) is 4.34 Å². The largest absolute Gasteiger partial charge is 0.508 e. The molecule has 1 aliphatic heterocycles. The molecule has 0 spiro atoms. The monoisotopic (exact) mass is 597 g/mol. The zero-order valence-corrected chi connectivity index (χ0v) is 23.8. The van der Waals surface area contributed by atoms with Gasteiger partial charge in [-0.3, -0.25) is 14.5 Å². The SMILES string of the molecule is Cc1ccc(C)c(C(O)=C2C(=O)C(=O)N(c3nnc(SCc4ccc(Cl)cc4Cl)s3)C2c2cccc(O)c2)c1. The van der Waals surface area contributed by atoms with Gasteiger partial charge in [0.2, 0.25) is 5.13 Å². The number of phenols is 1. The molecule has 1 atom stereocenters. The van der Waals surface area contributed by atoms with Crippen molar-refractivity contribution in [3.8, 4) is 5.75 Å². The lowest BCUT2D eigenvalue weighted by molar-refractivity contribution is -0.132. The molecule has 0 saturated carbocycles. The number of carbonyl (C=O) groups is 2. The first-order chi connectivity index (χ1) is 18.6. The molecular weight excluding hydrogens is 577 g/mol. The summed E-state index contributed by atoms with van der Waals surface area (Å²) in [6.07, 6.45) is 0. The number of phenolic OH excluding ortho intramolecular Hbond substituents is 1. The number of carbonyl (C=O) groups excluding carboxylic acids is 2. The second-order valence-corrected chi connectivity index (χ2v) is 12.0. The van der Waals surface area contributed by atoms with Gasteiger partial charge >= 0.3 is 5.91 Å². The van der Waals surface area contributed by atoms with Gasteiger partial charge in [-0.05, 0) is 60.9 Å². The van der Waals surface area contributed by atoms with Crippen LogP contribution in [0.1, 0.15) is 33.9 Å². The van der Waals surface area contributed by atoms with Crippen LogP contribution in [0.5, 0.6) is 5.75 Å². The van der Waals surface area contributed by atoms with Crippen LogP contribution in [0.15, 0.2) is 70.6 Å². The molecule has 1 amide bonds. The standard InChI is InChI=1S/C28H21Cl2N3O4S2/c1-14-6-7-15(2)20(10-14)24(35)22-23(16-4-3-5-19(34)11-16)33(26(37)25(22)36)27-31-32-28(39-27)38-13-17-8-9-18(29)12-21(17)30/h3-12,23,34-35H,13H2,1-2H3. The van der Waals surface area contributed by atoms with Crippen LogP contribution in [0, 0.1) is 13.8 Å². The summed E-state index contributed by atoms with van der Waals surface area (Å²) in [4.78, 5) is 28.0. The average Bonchev–Trinajstić information content (AvgIpc) is 3.46. The molecule has 0 aliphatic carbocycles. The molecule has 2 N–H and O–H groups in total. The number of hydrogen-bond donors (Lipinski definition) is 2. The molecule has 1 fully saturated rings. The van der Waals surface area contributed by atoms with E-state index in [9.17, 15) is 19.8 Å². The van der Waals surface area contributed by atoms with Crippen molar-refractivity contribution in [2.45, 2.75) is 30.0 Å². The number of nitrogens with zero attached hydrogens (tertiary/aromatic N) is 3. The van der Waals surface area contributed by atoms with Crippen LogP contribution in [0.3, 0.4) is 0 Å². The third-order valence-electron chi connectivity index (χ3n) is 6.25. The number of amides is 1. The van der Waals surface area contributed by atoms with Crippen LogP contribution in [0.4, 0.5) is 5.13 Å². The highest BCUT2D eigenvalue weighted by Gasteiger charge is 2.48. The normalized spacial score (nSPS) is 16.7. The quantitative estimate of drug-likeness (QED) is 0.0803. The molecule has 5 rings (SSSR count). The minimum Gasteiger partial charge on any atom is -0.508 e. The molecule has 7 nitrogen and oxygen atoms in total. The number of aryl methyl sites for hydroxylation is 2. The number of aromatic hydroxyl groups is 1. The lowest BCUT2D eigenvalue weighted by atomic mass is 9.93. The summed E-state index contributed by atoms with van der Waals surface area (Å²) in [5.74, 6) is -1.53. The first kappa shape index (κ1) is 27.2. The Balaban J connectivity index is 1.56. The summed E-state index contributed by atoms with van der Waals surface area (Å²) in [6, 6.07) is 16.0. The van der Waals surface area contributed by atoms with Gasteiger partial charge in [0, 0.05) is 21.4 Å². The molecule has 1 aliphatic rings. The van der Waals surface area contributed by atoms with Crippen LogP contribution in [0.25, 0.3) is 5.76 Å². The number of halogens is 2. The average molecular weight is 599 g/mol. The Hall–Kier alpha value is -3.37. The molecule has 3 aromatic carbocycles. The lowest BCUT2D eigenvalue weighted by Gasteiger charge is -2.23. The van der Waals surface area contributed by atoms with Gasteiger partial charge in [-0.2, -0.15) is 0 Å². The van der Waals surface area contributed by atoms with Crippen molar-refractivity contribution in [1.29, 1.82) is 0 Å². The molecule has 1 aromatic heterocycles. The van der Waals surface area contributed by atoms with E-state index in [1.54, 1.807) is 30.3 Å². The Kier molecular flexibility index (Phi) is 7.68. The molecule has 11 heteroatoms. The van der Waals surface area contributed by atoms with E-state index in [1.807, 2.05) is 32.0 Å². The van der Waals surface area contributed by atoms with Crippen molar-refractivity contribution in [2.24, 2.45) is 0 Å². The number of aromatic nitrogens is 2. The molecule has 2 heterocycles. The maximum absolute atomic E-state index is 13.4. The van der Waals surface area contributed by atoms with Gasteiger partial charge in [-0.15, -0.1) is 10.2 Å². The van der Waals surface area contributed by atoms with Crippen LogP contribution in [-0.2, 0) is 15.3 Å². The molecule has 0 radical (unpaired) electrons. The number of rotatable bonds is 6. The smallest absolute Gasteiger partial charge is 0.301 e. The summed E-state index contributed by atoms with van der Waals surface area (Å²) < 4.78 is 0.558. The Labute approximate surface area is 242 Å². The van der Waals surface area contributed by atoms with E-state index in [2.05, 4.69) is 10.2 Å². The maximum atomic E-state index is 13.4.